The van der Waals surface area contributed by atoms with Gasteiger partial charge in [-0.2, -0.15) is 0 Å². The molecule has 0 heterocycles. The van der Waals surface area contributed by atoms with Crippen molar-refractivity contribution in [3.05, 3.63) is 106 Å². The molecule has 0 fully saturated rings. The Bertz CT molecular complexity index is 1250. The molecular weight excluding hydrogens is 520 g/mol. The molecule has 2 unspecified atom stereocenters. The van der Waals surface area contributed by atoms with Crippen LogP contribution < -0.4 is 10.6 Å². The zero-order valence-corrected chi connectivity index (χ0v) is 24.9. The van der Waals surface area contributed by atoms with E-state index < -0.39 is 23.8 Å². The number of unbranched alkanes of at least 4 members (excludes halogenated alkanes) is 2. The quantitative estimate of drug-likeness (QED) is 0.188. The van der Waals surface area contributed by atoms with Crippen molar-refractivity contribution in [2.45, 2.75) is 78.1 Å². The standard InChI is InChI=1S/C34H45F2N3O2/c1-5-7-8-12-39(4)23-28-13-24(3)14-29(16-28)34(41)38-32(19-27-17-30(35)20-31(36)18-27)33(40)22-37-21-26-11-9-10-25(6-2)15-26/h9-11,13-18,20,32-33,37,40H,5-8,12,19,21-23H2,1-4H3,(H,38,41). The molecule has 0 saturated carbocycles. The summed E-state index contributed by atoms with van der Waals surface area (Å²) >= 11 is 0. The van der Waals surface area contributed by atoms with E-state index in [2.05, 4.69) is 54.6 Å². The Kier molecular flexibility index (Phi) is 12.9. The van der Waals surface area contributed by atoms with Gasteiger partial charge in [0.2, 0.25) is 0 Å². The summed E-state index contributed by atoms with van der Waals surface area (Å²) in [4.78, 5) is 15.7. The molecule has 0 aliphatic heterocycles. The van der Waals surface area contributed by atoms with Crippen molar-refractivity contribution in [2.24, 2.45) is 0 Å². The van der Waals surface area contributed by atoms with Gasteiger partial charge in [0.05, 0.1) is 12.1 Å². The van der Waals surface area contributed by atoms with Gasteiger partial charge < -0.3 is 20.6 Å². The molecule has 0 bridgehead atoms. The number of halogens is 2. The van der Waals surface area contributed by atoms with E-state index in [1.165, 1.54) is 30.5 Å². The third-order valence-electron chi connectivity index (χ3n) is 7.24. The van der Waals surface area contributed by atoms with E-state index in [0.29, 0.717) is 17.7 Å². The number of amides is 1. The molecule has 3 rings (SSSR count). The number of nitrogens with zero attached hydrogens (tertiary/aromatic N) is 1. The van der Waals surface area contributed by atoms with Crippen LogP contribution in [0.15, 0.2) is 60.7 Å². The van der Waals surface area contributed by atoms with Gasteiger partial charge >= 0.3 is 0 Å². The number of carbonyl (C=O) groups is 1. The molecule has 3 aromatic carbocycles. The molecule has 1 amide bonds. The Hall–Kier alpha value is -3.13. The van der Waals surface area contributed by atoms with Gasteiger partial charge in [0, 0.05) is 31.3 Å². The van der Waals surface area contributed by atoms with Crippen molar-refractivity contribution in [2.75, 3.05) is 20.1 Å². The van der Waals surface area contributed by atoms with Crippen LogP contribution in [-0.2, 0) is 25.9 Å². The Labute approximate surface area is 244 Å². The Morgan fingerprint density at radius 2 is 1.66 bits per heavy atom. The molecule has 222 valence electrons. The number of aliphatic hydroxyl groups excluding tert-OH is 1. The van der Waals surface area contributed by atoms with E-state index in [9.17, 15) is 18.7 Å². The van der Waals surface area contributed by atoms with Crippen LogP contribution in [0.3, 0.4) is 0 Å². The lowest BCUT2D eigenvalue weighted by atomic mass is 9.99. The fourth-order valence-corrected chi connectivity index (χ4v) is 5.09. The van der Waals surface area contributed by atoms with Gasteiger partial charge in [0.15, 0.2) is 0 Å². The third kappa shape index (κ3) is 11.0. The van der Waals surface area contributed by atoms with Crippen LogP contribution in [-0.4, -0.2) is 48.2 Å². The van der Waals surface area contributed by atoms with Gasteiger partial charge in [-0.15, -0.1) is 0 Å². The first kappa shape index (κ1) is 32.4. The normalized spacial score (nSPS) is 12.9. The molecule has 0 aliphatic rings. The average molecular weight is 566 g/mol. The van der Waals surface area contributed by atoms with Gasteiger partial charge in [-0.05, 0) is 86.3 Å². The van der Waals surface area contributed by atoms with Gasteiger partial charge in [0.25, 0.3) is 5.91 Å². The summed E-state index contributed by atoms with van der Waals surface area (Å²) in [7, 11) is 2.08. The van der Waals surface area contributed by atoms with Crippen LogP contribution in [0.25, 0.3) is 0 Å². The summed E-state index contributed by atoms with van der Waals surface area (Å²) in [5, 5.41) is 17.4. The maximum absolute atomic E-state index is 13.9. The molecule has 3 N–H and O–H groups in total. The number of hydrogen-bond acceptors (Lipinski definition) is 4. The van der Waals surface area contributed by atoms with Crippen LogP contribution >= 0.6 is 0 Å². The summed E-state index contributed by atoms with van der Waals surface area (Å²) < 4.78 is 27.9. The zero-order chi connectivity index (χ0) is 29.8. The number of benzene rings is 3. The van der Waals surface area contributed by atoms with E-state index in [1.54, 1.807) is 0 Å². The highest BCUT2D eigenvalue weighted by molar-refractivity contribution is 5.94. The molecule has 0 aromatic heterocycles. The van der Waals surface area contributed by atoms with Crippen molar-refractivity contribution in [3.8, 4) is 0 Å². The number of nitrogens with one attached hydrogen (secondary N) is 2. The van der Waals surface area contributed by atoms with Crippen LogP contribution in [0, 0.1) is 18.6 Å². The highest BCUT2D eigenvalue weighted by Crippen LogP contribution is 2.16. The molecule has 0 spiro atoms. The second-order valence-electron chi connectivity index (χ2n) is 11.1. The molecule has 0 saturated heterocycles. The third-order valence-corrected chi connectivity index (χ3v) is 7.24. The van der Waals surface area contributed by atoms with Gasteiger partial charge in [-0.1, -0.05) is 62.6 Å². The minimum atomic E-state index is -0.992. The summed E-state index contributed by atoms with van der Waals surface area (Å²) in [6.45, 7) is 8.69. The molecule has 5 nitrogen and oxygen atoms in total. The minimum absolute atomic E-state index is 0.0768. The van der Waals surface area contributed by atoms with E-state index in [-0.39, 0.29) is 18.9 Å². The maximum Gasteiger partial charge on any atom is 0.251 e. The SMILES string of the molecule is CCCCCN(C)Cc1cc(C)cc(C(=O)NC(Cc2cc(F)cc(F)c2)C(O)CNCc2cccc(CC)c2)c1. The highest BCUT2D eigenvalue weighted by atomic mass is 19.1. The maximum atomic E-state index is 13.9. The molecule has 0 aliphatic carbocycles. The topological polar surface area (TPSA) is 64.6 Å². The second kappa shape index (κ2) is 16.3. The van der Waals surface area contributed by atoms with Crippen LogP contribution in [0.1, 0.15) is 71.3 Å². The van der Waals surface area contributed by atoms with Crippen molar-refractivity contribution >= 4 is 5.91 Å². The first-order valence-corrected chi connectivity index (χ1v) is 14.7. The number of rotatable bonds is 16. The lowest BCUT2D eigenvalue weighted by Crippen LogP contribution is -2.48. The average Bonchev–Trinajstić information content (AvgIpc) is 2.92. The smallest absolute Gasteiger partial charge is 0.251 e. The van der Waals surface area contributed by atoms with Crippen molar-refractivity contribution in [1.29, 1.82) is 0 Å². The van der Waals surface area contributed by atoms with E-state index in [1.807, 2.05) is 31.2 Å². The lowest BCUT2D eigenvalue weighted by Gasteiger charge is -2.25. The van der Waals surface area contributed by atoms with Crippen molar-refractivity contribution in [1.82, 2.24) is 15.5 Å². The van der Waals surface area contributed by atoms with E-state index in [4.69, 9.17) is 0 Å². The van der Waals surface area contributed by atoms with Gasteiger partial charge in [0.1, 0.15) is 11.6 Å². The number of hydrogen-bond donors (Lipinski definition) is 3. The van der Waals surface area contributed by atoms with Gasteiger partial charge in [-0.25, -0.2) is 8.78 Å². The number of aryl methyl sites for hydroxylation is 2. The molecule has 2 atom stereocenters. The first-order valence-electron chi connectivity index (χ1n) is 14.7. The summed E-state index contributed by atoms with van der Waals surface area (Å²) in [6.07, 6.45) is 3.50. The fraction of sp³-hybridized carbons (Fsp3) is 0.441. The lowest BCUT2D eigenvalue weighted by molar-refractivity contribution is 0.0829. The van der Waals surface area contributed by atoms with E-state index in [0.717, 1.165) is 48.7 Å². The Morgan fingerprint density at radius 3 is 2.37 bits per heavy atom. The summed E-state index contributed by atoms with van der Waals surface area (Å²) in [6, 6.07) is 16.5. The molecule has 41 heavy (non-hydrogen) atoms. The molecule has 0 radical (unpaired) electrons. The first-order chi connectivity index (χ1) is 19.7. The van der Waals surface area contributed by atoms with Crippen LogP contribution in [0.2, 0.25) is 0 Å². The van der Waals surface area contributed by atoms with E-state index >= 15 is 0 Å². The Balaban J connectivity index is 1.73. The summed E-state index contributed by atoms with van der Waals surface area (Å²) in [5.74, 6) is -1.72. The molecule has 7 heteroatoms. The second-order valence-corrected chi connectivity index (χ2v) is 11.1. The fourth-order valence-electron chi connectivity index (χ4n) is 5.09. The predicted molar refractivity (Wildman–Crippen MR) is 162 cm³/mol. The zero-order valence-electron chi connectivity index (χ0n) is 24.9. The predicted octanol–water partition coefficient (Wildman–Crippen LogP) is 5.95. The van der Waals surface area contributed by atoms with Crippen LogP contribution in [0.5, 0.6) is 0 Å². The van der Waals surface area contributed by atoms with Crippen molar-refractivity contribution in [3.63, 3.8) is 0 Å². The van der Waals surface area contributed by atoms with Gasteiger partial charge in [-0.3, -0.25) is 4.79 Å². The van der Waals surface area contributed by atoms with Crippen molar-refractivity contribution < 1.29 is 18.7 Å². The Morgan fingerprint density at radius 1 is 0.927 bits per heavy atom. The molecule has 3 aromatic rings. The summed E-state index contributed by atoms with van der Waals surface area (Å²) in [5.41, 5.74) is 5.18. The molecular formula is C34H45F2N3O2. The van der Waals surface area contributed by atoms with Crippen LogP contribution in [0.4, 0.5) is 8.78 Å². The number of aliphatic hydroxyl groups is 1. The largest absolute Gasteiger partial charge is 0.390 e. The minimum Gasteiger partial charge on any atom is -0.390 e. The number of carbonyl (C=O) groups excluding carboxylic acids is 1. The monoisotopic (exact) mass is 565 g/mol. The highest BCUT2D eigenvalue weighted by Gasteiger charge is 2.23.